The van der Waals surface area contributed by atoms with Crippen LogP contribution in [-0.4, -0.2) is 62.8 Å². The molecule has 0 aromatic carbocycles. The van der Waals surface area contributed by atoms with Crippen LogP contribution in [0.5, 0.6) is 0 Å². The molecular formula is C43H83NO6. The average Bonchev–Trinajstić information content (AvgIpc) is 3.05. The molecule has 50 heavy (non-hydrogen) atoms. The van der Waals surface area contributed by atoms with Gasteiger partial charge in [0.1, 0.15) is 6.10 Å². The summed E-state index contributed by atoms with van der Waals surface area (Å²) in [6.07, 6.45) is 28.7. The van der Waals surface area contributed by atoms with Crippen LogP contribution in [0, 0.1) is 10.8 Å². The molecule has 0 saturated carbocycles. The Morgan fingerprint density at radius 3 is 1.20 bits per heavy atom. The predicted molar refractivity (Wildman–Crippen MR) is 209 cm³/mol. The van der Waals surface area contributed by atoms with Crippen LogP contribution in [0.1, 0.15) is 208 Å². The number of carbonyl (C=O) groups excluding carboxylic acids is 3. The predicted octanol–water partition coefficient (Wildman–Crippen LogP) is 11.8. The molecule has 0 spiro atoms. The lowest BCUT2D eigenvalue weighted by Gasteiger charge is -2.23. The molecule has 0 saturated heterocycles. The Kier molecular flexibility index (Phi) is 29.9. The monoisotopic (exact) mass is 710 g/mol. The van der Waals surface area contributed by atoms with Gasteiger partial charge in [0, 0.05) is 0 Å². The van der Waals surface area contributed by atoms with Crippen LogP contribution in [0.25, 0.3) is 0 Å². The van der Waals surface area contributed by atoms with E-state index in [1.807, 2.05) is 46.7 Å². The molecule has 0 aliphatic carbocycles. The Morgan fingerprint density at radius 1 is 0.500 bits per heavy atom. The van der Waals surface area contributed by atoms with Gasteiger partial charge in [0.05, 0.1) is 30.6 Å². The normalized spacial score (nSPS) is 12.1. The summed E-state index contributed by atoms with van der Waals surface area (Å²) >= 11 is 0. The SMILES string of the molecule is CCCCCCCCCCOC(=O)C(C)(C)CCCCCC(CCCCCC(C)(C)C(=O)OCCCCCCCCCC)OC(=O)CN(C)C. The summed E-state index contributed by atoms with van der Waals surface area (Å²) in [4.78, 5) is 39.8. The van der Waals surface area contributed by atoms with Crippen molar-refractivity contribution in [2.24, 2.45) is 10.8 Å². The van der Waals surface area contributed by atoms with Crippen molar-refractivity contribution in [2.45, 2.75) is 215 Å². The van der Waals surface area contributed by atoms with Gasteiger partial charge in [0.2, 0.25) is 0 Å². The summed E-state index contributed by atoms with van der Waals surface area (Å²) in [5.41, 5.74) is -0.961. The lowest BCUT2D eigenvalue weighted by molar-refractivity contribution is -0.155. The summed E-state index contributed by atoms with van der Waals surface area (Å²) in [5, 5.41) is 0. The first-order valence-corrected chi connectivity index (χ1v) is 21.0. The highest BCUT2D eigenvalue weighted by molar-refractivity contribution is 5.76. The van der Waals surface area contributed by atoms with Crippen molar-refractivity contribution < 1.29 is 28.6 Å². The van der Waals surface area contributed by atoms with Crippen LogP contribution in [-0.2, 0) is 28.6 Å². The molecule has 296 valence electrons. The van der Waals surface area contributed by atoms with E-state index in [1.165, 1.54) is 77.0 Å². The van der Waals surface area contributed by atoms with E-state index in [4.69, 9.17) is 14.2 Å². The van der Waals surface area contributed by atoms with Crippen molar-refractivity contribution in [1.82, 2.24) is 4.90 Å². The quantitative estimate of drug-likeness (QED) is 0.0368. The first-order valence-electron chi connectivity index (χ1n) is 21.0. The number of hydrogen-bond donors (Lipinski definition) is 0. The maximum absolute atomic E-state index is 12.7. The molecule has 0 radical (unpaired) electrons. The van der Waals surface area contributed by atoms with Gasteiger partial charge < -0.3 is 14.2 Å². The summed E-state index contributed by atoms with van der Waals surface area (Å²) in [5.74, 6) is -0.354. The second-order valence-electron chi connectivity index (χ2n) is 16.5. The Morgan fingerprint density at radius 2 is 0.840 bits per heavy atom. The number of hydrogen-bond acceptors (Lipinski definition) is 7. The van der Waals surface area contributed by atoms with Gasteiger partial charge in [-0.05, 0) is 93.2 Å². The number of esters is 3. The van der Waals surface area contributed by atoms with Gasteiger partial charge in [-0.3, -0.25) is 19.3 Å². The highest BCUT2D eigenvalue weighted by atomic mass is 16.5. The minimum atomic E-state index is -0.481. The van der Waals surface area contributed by atoms with Crippen molar-refractivity contribution in [3.05, 3.63) is 0 Å². The van der Waals surface area contributed by atoms with E-state index in [9.17, 15) is 14.4 Å². The Balaban J connectivity index is 4.37. The van der Waals surface area contributed by atoms with Gasteiger partial charge in [-0.15, -0.1) is 0 Å². The minimum Gasteiger partial charge on any atom is -0.465 e. The number of likely N-dealkylation sites (N-methyl/N-ethyl adjacent to an activating group) is 1. The largest absolute Gasteiger partial charge is 0.465 e. The van der Waals surface area contributed by atoms with Crippen molar-refractivity contribution in [2.75, 3.05) is 33.9 Å². The van der Waals surface area contributed by atoms with Gasteiger partial charge in [0.15, 0.2) is 0 Å². The number of unbranched alkanes of at least 4 members (excludes halogenated alkanes) is 18. The van der Waals surface area contributed by atoms with Crippen molar-refractivity contribution in [3.63, 3.8) is 0 Å². The van der Waals surface area contributed by atoms with E-state index >= 15 is 0 Å². The van der Waals surface area contributed by atoms with E-state index in [2.05, 4.69) is 13.8 Å². The van der Waals surface area contributed by atoms with E-state index in [0.29, 0.717) is 13.2 Å². The molecule has 0 aliphatic heterocycles. The summed E-state index contributed by atoms with van der Waals surface area (Å²) < 4.78 is 17.2. The van der Waals surface area contributed by atoms with Crippen LogP contribution in [0.2, 0.25) is 0 Å². The Labute approximate surface area is 310 Å². The average molecular weight is 710 g/mol. The van der Waals surface area contributed by atoms with Gasteiger partial charge in [-0.2, -0.15) is 0 Å². The van der Waals surface area contributed by atoms with Crippen LogP contribution >= 0.6 is 0 Å². The van der Waals surface area contributed by atoms with Crippen molar-refractivity contribution in [3.8, 4) is 0 Å². The molecule has 7 heteroatoms. The maximum atomic E-state index is 12.7. The van der Waals surface area contributed by atoms with Crippen molar-refractivity contribution >= 4 is 17.9 Å². The molecule has 0 amide bonds. The second kappa shape index (κ2) is 30.9. The first-order chi connectivity index (χ1) is 23.9. The lowest BCUT2D eigenvalue weighted by atomic mass is 9.86. The van der Waals surface area contributed by atoms with Crippen LogP contribution < -0.4 is 0 Å². The molecule has 0 aliphatic rings. The second-order valence-corrected chi connectivity index (χ2v) is 16.5. The van der Waals surface area contributed by atoms with Crippen LogP contribution in [0.4, 0.5) is 0 Å². The summed E-state index contributed by atoms with van der Waals surface area (Å²) in [6.45, 7) is 13.8. The van der Waals surface area contributed by atoms with E-state index < -0.39 is 10.8 Å². The molecular weight excluding hydrogens is 626 g/mol. The number of ether oxygens (including phenoxy) is 3. The molecule has 0 atom stereocenters. The molecule has 0 unspecified atom stereocenters. The summed E-state index contributed by atoms with van der Waals surface area (Å²) in [7, 11) is 3.75. The molecule has 0 rings (SSSR count). The zero-order valence-corrected chi connectivity index (χ0v) is 34.5. The van der Waals surface area contributed by atoms with E-state index in [0.717, 1.165) is 89.9 Å². The third kappa shape index (κ3) is 28.0. The summed E-state index contributed by atoms with van der Waals surface area (Å²) in [6, 6.07) is 0. The standard InChI is InChI=1S/C43H83NO6/c1-9-11-13-15-17-19-21-29-35-48-40(46)42(3,4)33-27-23-25-31-38(50-39(45)37-44(7)8)32-26-24-28-34-43(5,6)41(47)49-36-30-22-20-18-16-14-12-10-2/h38H,9-37H2,1-8H3. The van der Waals surface area contributed by atoms with E-state index in [-0.39, 0.29) is 30.6 Å². The fourth-order valence-corrected chi connectivity index (χ4v) is 6.37. The van der Waals surface area contributed by atoms with Gasteiger partial charge in [0.25, 0.3) is 0 Å². The topological polar surface area (TPSA) is 82.1 Å². The highest BCUT2D eigenvalue weighted by Gasteiger charge is 2.29. The number of nitrogens with zero attached hydrogens (tertiary/aromatic N) is 1. The van der Waals surface area contributed by atoms with Gasteiger partial charge >= 0.3 is 17.9 Å². The Hall–Kier alpha value is -1.63. The fraction of sp³-hybridized carbons (Fsp3) is 0.930. The highest BCUT2D eigenvalue weighted by Crippen LogP contribution is 2.28. The molecule has 0 aromatic heterocycles. The number of carbonyl (C=O) groups is 3. The van der Waals surface area contributed by atoms with Crippen LogP contribution in [0.3, 0.4) is 0 Å². The molecule has 7 nitrogen and oxygen atoms in total. The van der Waals surface area contributed by atoms with Crippen LogP contribution in [0.15, 0.2) is 0 Å². The fourth-order valence-electron chi connectivity index (χ4n) is 6.37. The van der Waals surface area contributed by atoms with Crippen molar-refractivity contribution in [1.29, 1.82) is 0 Å². The first kappa shape index (κ1) is 48.4. The molecule has 0 heterocycles. The van der Waals surface area contributed by atoms with E-state index in [1.54, 1.807) is 0 Å². The molecule has 0 bridgehead atoms. The zero-order chi connectivity index (χ0) is 37.5. The lowest BCUT2D eigenvalue weighted by Crippen LogP contribution is -2.28. The number of rotatable bonds is 35. The smallest absolute Gasteiger partial charge is 0.320 e. The van der Waals surface area contributed by atoms with Gasteiger partial charge in [-0.1, -0.05) is 129 Å². The molecule has 0 N–H and O–H groups in total. The maximum Gasteiger partial charge on any atom is 0.320 e. The Bertz CT molecular complexity index is 783. The molecule has 0 fully saturated rings. The van der Waals surface area contributed by atoms with Gasteiger partial charge in [-0.25, -0.2) is 0 Å². The molecule has 0 aromatic rings. The minimum absolute atomic E-state index is 0.0872. The third-order valence-electron chi connectivity index (χ3n) is 9.97. The third-order valence-corrected chi connectivity index (χ3v) is 9.97. The zero-order valence-electron chi connectivity index (χ0n) is 34.5.